The van der Waals surface area contributed by atoms with Gasteiger partial charge in [0.15, 0.2) is 0 Å². The third-order valence-corrected chi connectivity index (χ3v) is 4.69. The van der Waals surface area contributed by atoms with Crippen molar-refractivity contribution in [1.82, 2.24) is 5.32 Å². The highest BCUT2D eigenvalue weighted by atomic mass is 35.5. The molecule has 2 atom stereocenters. The van der Waals surface area contributed by atoms with E-state index in [1.165, 1.54) is 13.1 Å². The maximum absolute atomic E-state index is 11.8. The van der Waals surface area contributed by atoms with Crippen molar-refractivity contribution in [3.05, 3.63) is 28.3 Å². The van der Waals surface area contributed by atoms with Gasteiger partial charge in [-0.2, -0.15) is 8.42 Å². The van der Waals surface area contributed by atoms with Crippen LogP contribution in [0.25, 0.3) is 0 Å². The molecule has 23 heavy (non-hydrogen) atoms. The minimum atomic E-state index is -4.64. The molecule has 0 aliphatic rings. The molecule has 1 rings (SSSR count). The molecule has 0 bridgehead atoms. The lowest BCUT2D eigenvalue weighted by Crippen LogP contribution is -2.44. The summed E-state index contributed by atoms with van der Waals surface area (Å²) in [6.07, 6.45) is -0.377. The van der Waals surface area contributed by atoms with Gasteiger partial charge >= 0.3 is 0 Å². The molecule has 0 spiro atoms. The topological polar surface area (TPSA) is 153 Å². The Kier molecular flexibility index (Phi) is 6.11. The summed E-state index contributed by atoms with van der Waals surface area (Å²) in [4.78, 5) is 22.6. The highest BCUT2D eigenvalue weighted by Gasteiger charge is 2.32. The van der Waals surface area contributed by atoms with Crippen molar-refractivity contribution in [3.8, 4) is 0 Å². The summed E-state index contributed by atoms with van der Waals surface area (Å²) >= 11 is 5.89. The molecule has 2 amide bonds. The van der Waals surface area contributed by atoms with Gasteiger partial charge in [0.2, 0.25) is 11.8 Å². The molecule has 6 N–H and O–H groups in total. The highest BCUT2D eigenvalue weighted by molar-refractivity contribution is 7.85. The molecule has 0 saturated carbocycles. The van der Waals surface area contributed by atoms with E-state index in [0.29, 0.717) is 5.56 Å². The van der Waals surface area contributed by atoms with Crippen LogP contribution in [0.15, 0.2) is 17.0 Å². The number of carbonyl (C=O) groups excluding carboxylic acids is 2. The van der Waals surface area contributed by atoms with Gasteiger partial charge in [-0.25, -0.2) is 0 Å². The maximum atomic E-state index is 11.8. The van der Waals surface area contributed by atoms with Crippen LogP contribution in [-0.4, -0.2) is 37.9 Å². The highest BCUT2D eigenvalue weighted by Crippen LogP contribution is 2.33. The van der Waals surface area contributed by atoms with Gasteiger partial charge in [-0.05, 0) is 24.1 Å². The van der Waals surface area contributed by atoms with Gasteiger partial charge in [0.1, 0.15) is 0 Å². The number of halogens is 1. The van der Waals surface area contributed by atoms with E-state index in [-0.39, 0.29) is 17.0 Å². The molecule has 0 aliphatic heterocycles. The first-order chi connectivity index (χ1) is 10.5. The standard InChI is InChI=1S/C13H18ClN3O5S/c1-6-3-7(10(5-9(6)14)23(20,21)22)8(4-11(15)18)12(16)13(19)17-2/h3,5,8,12H,4,16H2,1-2H3,(H2,15,18)(H,17,19)(H,20,21,22)/t8?,12-/m0/s1. The fourth-order valence-corrected chi connectivity index (χ4v) is 3.20. The minimum Gasteiger partial charge on any atom is -0.370 e. The van der Waals surface area contributed by atoms with Crippen LogP contribution in [0, 0.1) is 6.92 Å². The minimum absolute atomic E-state index is 0.00398. The summed E-state index contributed by atoms with van der Waals surface area (Å²) in [5.41, 5.74) is 11.5. The number of amides is 2. The van der Waals surface area contributed by atoms with Gasteiger partial charge < -0.3 is 16.8 Å². The molecule has 0 fully saturated rings. The number of rotatable bonds is 6. The Hall–Kier alpha value is -1.68. The molecule has 1 aromatic rings. The molecule has 128 valence electrons. The van der Waals surface area contributed by atoms with E-state index in [1.54, 1.807) is 6.92 Å². The van der Waals surface area contributed by atoms with Crippen molar-refractivity contribution in [1.29, 1.82) is 0 Å². The zero-order valence-electron chi connectivity index (χ0n) is 12.5. The zero-order valence-corrected chi connectivity index (χ0v) is 14.1. The number of benzene rings is 1. The number of nitrogens with two attached hydrogens (primary N) is 2. The summed E-state index contributed by atoms with van der Waals surface area (Å²) in [7, 11) is -3.30. The number of hydrogen-bond acceptors (Lipinski definition) is 5. The molecule has 1 aromatic carbocycles. The van der Waals surface area contributed by atoms with Crippen LogP contribution in [-0.2, 0) is 19.7 Å². The van der Waals surface area contributed by atoms with E-state index in [4.69, 9.17) is 23.1 Å². The Balaban J connectivity index is 3.61. The Morgan fingerprint density at radius 1 is 1.39 bits per heavy atom. The van der Waals surface area contributed by atoms with Gasteiger partial charge in [-0.3, -0.25) is 14.1 Å². The molecule has 10 heteroatoms. The molecular weight excluding hydrogens is 346 g/mol. The second-order valence-electron chi connectivity index (χ2n) is 5.03. The van der Waals surface area contributed by atoms with E-state index >= 15 is 0 Å². The van der Waals surface area contributed by atoms with Crippen LogP contribution < -0.4 is 16.8 Å². The first-order valence-electron chi connectivity index (χ1n) is 6.52. The van der Waals surface area contributed by atoms with E-state index in [1.807, 2.05) is 0 Å². The molecule has 0 aromatic heterocycles. The monoisotopic (exact) mass is 363 g/mol. The molecule has 0 aliphatic carbocycles. The van der Waals surface area contributed by atoms with Crippen LogP contribution in [0.3, 0.4) is 0 Å². The summed E-state index contributed by atoms with van der Waals surface area (Å²) in [6, 6.07) is 1.17. The van der Waals surface area contributed by atoms with E-state index < -0.39 is 38.8 Å². The van der Waals surface area contributed by atoms with E-state index in [2.05, 4.69) is 5.32 Å². The third-order valence-electron chi connectivity index (χ3n) is 3.37. The van der Waals surface area contributed by atoms with Gasteiger partial charge in [0.05, 0.1) is 10.9 Å². The number of likely N-dealkylation sites (N-methyl/N-ethyl adjacent to an activating group) is 1. The summed E-state index contributed by atoms with van der Waals surface area (Å²) in [5, 5.41) is 2.42. The van der Waals surface area contributed by atoms with Crippen LogP contribution in [0.4, 0.5) is 0 Å². The largest absolute Gasteiger partial charge is 0.370 e. The van der Waals surface area contributed by atoms with Crippen LogP contribution in [0.2, 0.25) is 5.02 Å². The number of carbonyl (C=O) groups is 2. The van der Waals surface area contributed by atoms with Crippen LogP contribution in [0.5, 0.6) is 0 Å². The zero-order chi connectivity index (χ0) is 17.9. The fraction of sp³-hybridized carbons (Fsp3) is 0.385. The number of aryl methyl sites for hydroxylation is 1. The van der Waals surface area contributed by atoms with Gasteiger partial charge in [-0.15, -0.1) is 0 Å². The Morgan fingerprint density at radius 2 is 1.96 bits per heavy atom. The second-order valence-corrected chi connectivity index (χ2v) is 6.83. The SMILES string of the molecule is CNC(=O)[C@@H](N)C(CC(N)=O)c1cc(C)c(Cl)cc1S(=O)(=O)O. The molecule has 0 heterocycles. The fourth-order valence-electron chi connectivity index (χ4n) is 2.20. The third kappa shape index (κ3) is 4.64. The van der Waals surface area contributed by atoms with E-state index in [0.717, 1.165) is 6.07 Å². The lowest BCUT2D eigenvalue weighted by atomic mass is 9.87. The average Bonchev–Trinajstić information content (AvgIpc) is 2.44. The maximum Gasteiger partial charge on any atom is 0.294 e. The molecule has 1 unspecified atom stereocenters. The van der Waals surface area contributed by atoms with Crippen molar-refractivity contribution in [2.45, 2.75) is 30.2 Å². The van der Waals surface area contributed by atoms with Gasteiger partial charge in [-0.1, -0.05) is 17.7 Å². The second kappa shape index (κ2) is 7.26. The summed E-state index contributed by atoms with van der Waals surface area (Å²) in [6.45, 7) is 1.60. The molecule has 0 saturated heterocycles. The van der Waals surface area contributed by atoms with E-state index in [9.17, 15) is 22.6 Å². The van der Waals surface area contributed by atoms with Gasteiger partial charge in [0.25, 0.3) is 10.1 Å². The van der Waals surface area contributed by atoms with Crippen molar-refractivity contribution in [2.24, 2.45) is 11.5 Å². The predicted molar refractivity (Wildman–Crippen MR) is 84.6 cm³/mol. The van der Waals surface area contributed by atoms with Crippen molar-refractivity contribution in [3.63, 3.8) is 0 Å². The average molecular weight is 364 g/mol. The Morgan fingerprint density at radius 3 is 2.39 bits per heavy atom. The normalized spacial score (nSPS) is 14.1. The van der Waals surface area contributed by atoms with Crippen molar-refractivity contribution in [2.75, 3.05) is 7.05 Å². The lowest BCUT2D eigenvalue weighted by Gasteiger charge is -2.24. The quantitative estimate of drug-likeness (QED) is 0.519. The van der Waals surface area contributed by atoms with Crippen molar-refractivity contribution >= 4 is 33.5 Å². The number of primary amides is 1. The molecule has 0 radical (unpaired) electrons. The van der Waals surface area contributed by atoms with Crippen LogP contribution >= 0.6 is 11.6 Å². The number of hydrogen-bond donors (Lipinski definition) is 4. The Labute approximate surface area is 138 Å². The van der Waals surface area contributed by atoms with Crippen LogP contribution in [0.1, 0.15) is 23.5 Å². The lowest BCUT2D eigenvalue weighted by molar-refractivity contribution is -0.123. The molecular formula is C13H18ClN3O5S. The number of nitrogens with one attached hydrogen (secondary N) is 1. The smallest absolute Gasteiger partial charge is 0.294 e. The predicted octanol–water partition coefficient (Wildman–Crippen LogP) is -0.0726. The van der Waals surface area contributed by atoms with Crippen molar-refractivity contribution < 1.29 is 22.6 Å². The Bertz CT molecular complexity index is 735. The van der Waals surface area contributed by atoms with Gasteiger partial charge in [0, 0.05) is 24.4 Å². The molecule has 8 nitrogen and oxygen atoms in total. The first-order valence-corrected chi connectivity index (χ1v) is 8.33. The summed E-state index contributed by atoms with van der Waals surface area (Å²) in [5.74, 6) is -2.42. The first kappa shape index (κ1) is 19.4. The summed E-state index contributed by atoms with van der Waals surface area (Å²) < 4.78 is 32.6.